The lowest BCUT2D eigenvalue weighted by Gasteiger charge is -2.52. The van der Waals surface area contributed by atoms with Gasteiger partial charge >= 0.3 is 0 Å². The third kappa shape index (κ3) is 2.53. The van der Waals surface area contributed by atoms with Gasteiger partial charge in [-0.3, -0.25) is 10.6 Å². The Balaban J connectivity index is 1.57. The Morgan fingerprint density at radius 3 is 1.64 bits per heavy atom. The van der Waals surface area contributed by atoms with E-state index in [4.69, 9.17) is 0 Å². The summed E-state index contributed by atoms with van der Waals surface area (Å²) in [6.45, 7) is 2.25. The van der Waals surface area contributed by atoms with E-state index < -0.39 is 0 Å². The van der Waals surface area contributed by atoms with Gasteiger partial charge in [-0.05, 0) is 24.0 Å². The topological polar surface area (TPSA) is 36.1 Å². The predicted octanol–water partition coefficient (Wildman–Crippen LogP) is 3.38. The second-order valence-electron chi connectivity index (χ2n) is 7.92. The standard InChI is InChI=1S/C22H27N3/c1-3-8-16(9-4-1)20-21(17-10-5-2-6-11-17)25-22(24-20)18-12-7-13-19(22)15-23-14-18/h1-6,8-11,18-21,23-25H,7,12-15H2. The Morgan fingerprint density at radius 1 is 0.680 bits per heavy atom. The molecule has 2 aromatic carbocycles. The van der Waals surface area contributed by atoms with Crippen LogP contribution in [0.25, 0.3) is 0 Å². The summed E-state index contributed by atoms with van der Waals surface area (Å²) >= 11 is 0. The van der Waals surface area contributed by atoms with Gasteiger partial charge in [0.05, 0.1) is 17.7 Å². The van der Waals surface area contributed by atoms with Crippen LogP contribution in [0.4, 0.5) is 0 Å². The van der Waals surface area contributed by atoms with Crippen LogP contribution in [-0.4, -0.2) is 18.8 Å². The van der Waals surface area contributed by atoms with E-state index in [1.165, 1.54) is 30.4 Å². The normalized spacial score (nSPS) is 37.3. The fourth-order valence-corrected chi connectivity index (χ4v) is 5.42. The molecule has 4 unspecified atom stereocenters. The maximum Gasteiger partial charge on any atom is 0.0780 e. The summed E-state index contributed by atoms with van der Waals surface area (Å²) in [6, 6.07) is 22.6. The molecule has 2 heterocycles. The van der Waals surface area contributed by atoms with E-state index in [0.717, 1.165) is 13.1 Å². The lowest BCUT2D eigenvalue weighted by Crippen LogP contribution is -2.69. The quantitative estimate of drug-likeness (QED) is 0.788. The first kappa shape index (κ1) is 15.6. The molecule has 2 bridgehead atoms. The van der Waals surface area contributed by atoms with Crippen LogP contribution in [0.3, 0.4) is 0 Å². The van der Waals surface area contributed by atoms with Crippen molar-refractivity contribution < 1.29 is 0 Å². The molecule has 2 aliphatic heterocycles. The van der Waals surface area contributed by atoms with Gasteiger partial charge in [-0.2, -0.15) is 0 Å². The van der Waals surface area contributed by atoms with Gasteiger partial charge in [0.15, 0.2) is 0 Å². The van der Waals surface area contributed by atoms with E-state index in [2.05, 4.69) is 76.6 Å². The Bertz CT molecular complexity index is 643. The van der Waals surface area contributed by atoms with Crippen molar-refractivity contribution in [3.05, 3.63) is 71.8 Å². The van der Waals surface area contributed by atoms with Crippen LogP contribution in [-0.2, 0) is 0 Å². The molecule has 3 N–H and O–H groups in total. The van der Waals surface area contributed by atoms with Gasteiger partial charge in [0, 0.05) is 24.9 Å². The molecule has 0 amide bonds. The molecule has 3 fully saturated rings. The minimum absolute atomic E-state index is 0.0739. The third-order valence-corrected chi connectivity index (χ3v) is 6.61. The highest BCUT2D eigenvalue weighted by atomic mass is 15.3. The van der Waals surface area contributed by atoms with Crippen molar-refractivity contribution in [1.29, 1.82) is 0 Å². The summed E-state index contributed by atoms with van der Waals surface area (Å²) in [4.78, 5) is 0. The van der Waals surface area contributed by atoms with Gasteiger partial charge in [0.1, 0.15) is 0 Å². The molecule has 1 saturated carbocycles. The third-order valence-electron chi connectivity index (χ3n) is 6.61. The smallest absolute Gasteiger partial charge is 0.0780 e. The molecule has 5 rings (SSSR count). The summed E-state index contributed by atoms with van der Waals surface area (Å²) in [7, 11) is 0. The minimum Gasteiger partial charge on any atom is -0.316 e. The lowest BCUT2D eigenvalue weighted by atomic mass is 9.69. The van der Waals surface area contributed by atoms with Gasteiger partial charge in [-0.1, -0.05) is 67.1 Å². The zero-order chi connectivity index (χ0) is 16.7. The highest BCUT2D eigenvalue weighted by Crippen LogP contribution is 2.48. The first-order valence-corrected chi connectivity index (χ1v) is 9.73. The largest absolute Gasteiger partial charge is 0.316 e. The summed E-state index contributed by atoms with van der Waals surface area (Å²) < 4.78 is 0. The number of piperidine rings is 1. The summed E-state index contributed by atoms with van der Waals surface area (Å²) in [6.07, 6.45) is 3.99. The van der Waals surface area contributed by atoms with Gasteiger partial charge in [0.2, 0.25) is 0 Å². The molecule has 1 aliphatic carbocycles. The van der Waals surface area contributed by atoms with Crippen LogP contribution >= 0.6 is 0 Å². The average Bonchev–Trinajstić information content (AvgIpc) is 3.03. The highest BCUT2D eigenvalue weighted by Gasteiger charge is 2.56. The Kier molecular flexibility index (Phi) is 3.89. The Labute approximate surface area is 150 Å². The second kappa shape index (κ2) is 6.24. The maximum absolute atomic E-state index is 4.12. The molecule has 0 aromatic heterocycles. The Hall–Kier alpha value is -1.68. The van der Waals surface area contributed by atoms with Crippen molar-refractivity contribution in [2.45, 2.75) is 37.0 Å². The Morgan fingerprint density at radius 2 is 1.16 bits per heavy atom. The van der Waals surface area contributed by atoms with E-state index in [-0.39, 0.29) is 5.66 Å². The van der Waals surface area contributed by atoms with E-state index >= 15 is 0 Å². The predicted molar refractivity (Wildman–Crippen MR) is 101 cm³/mol. The maximum atomic E-state index is 4.12. The molecule has 3 nitrogen and oxygen atoms in total. The molecule has 130 valence electrons. The molecular weight excluding hydrogens is 306 g/mol. The van der Waals surface area contributed by atoms with Gasteiger partial charge in [-0.25, -0.2) is 0 Å². The minimum atomic E-state index is 0.0739. The summed E-state index contributed by atoms with van der Waals surface area (Å²) in [5.41, 5.74) is 2.85. The van der Waals surface area contributed by atoms with E-state index in [1.807, 2.05) is 0 Å². The van der Waals surface area contributed by atoms with E-state index in [1.54, 1.807) is 0 Å². The van der Waals surface area contributed by atoms with Crippen LogP contribution in [0, 0.1) is 11.8 Å². The van der Waals surface area contributed by atoms with Crippen molar-refractivity contribution in [3.63, 3.8) is 0 Å². The van der Waals surface area contributed by atoms with Crippen LogP contribution in [0.1, 0.15) is 42.5 Å². The average molecular weight is 333 g/mol. The SMILES string of the molecule is c1ccc(C2NC3(NC2c2ccccc2)C2CCCC3CNC2)cc1. The molecule has 1 spiro atoms. The van der Waals surface area contributed by atoms with E-state index in [0.29, 0.717) is 23.9 Å². The lowest BCUT2D eigenvalue weighted by molar-refractivity contribution is 0.0318. The first-order valence-electron chi connectivity index (χ1n) is 9.73. The van der Waals surface area contributed by atoms with Crippen LogP contribution in [0.5, 0.6) is 0 Å². The molecule has 3 aliphatic rings. The molecule has 3 heteroatoms. The zero-order valence-electron chi connectivity index (χ0n) is 14.6. The number of benzene rings is 2. The van der Waals surface area contributed by atoms with Crippen molar-refractivity contribution in [2.24, 2.45) is 11.8 Å². The molecule has 4 atom stereocenters. The van der Waals surface area contributed by atoms with Crippen molar-refractivity contribution >= 4 is 0 Å². The summed E-state index contributed by atoms with van der Waals surface area (Å²) in [5, 5.41) is 11.9. The number of rotatable bonds is 2. The van der Waals surface area contributed by atoms with Crippen molar-refractivity contribution in [1.82, 2.24) is 16.0 Å². The van der Waals surface area contributed by atoms with Crippen LogP contribution in [0.15, 0.2) is 60.7 Å². The van der Waals surface area contributed by atoms with Gasteiger partial charge in [-0.15, -0.1) is 0 Å². The molecule has 25 heavy (non-hydrogen) atoms. The van der Waals surface area contributed by atoms with Gasteiger partial charge in [0.25, 0.3) is 0 Å². The number of hydrogen-bond donors (Lipinski definition) is 3. The molecule has 2 saturated heterocycles. The number of nitrogens with one attached hydrogen (secondary N) is 3. The molecule has 2 aromatic rings. The second-order valence-corrected chi connectivity index (χ2v) is 7.92. The monoisotopic (exact) mass is 333 g/mol. The van der Waals surface area contributed by atoms with Crippen LogP contribution < -0.4 is 16.0 Å². The van der Waals surface area contributed by atoms with Gasteiger partial charge < -0.3 is 5.32 Å². The molecule has 0 radical (unpaired) electrons. The summed E-state index contributed by atoms with van der Waals surface area (Å²) in [5.74, 6) is 1.33. The molecular formula is C22H27N3. The fourth-order valence-electron chi connectivity index (χ4n) is 5.42. The fraction of sp³-hybridized carbons (Fsp3) is 0.455. The first-order chi connectivity index (χ1) is 12.4. The van der Waals surface area contributed by atoms with Crippen LogP contribution in [0.2, 0.25) is 0 Å². The van der Waals surface area contributed by atoms with Crippen molar-refractivity contribution in [2.75, 3.05) is 13.1 Å². The number of hydrogen-bond acceptors (Lipinski definition) is 3. The van der Waals surface area contributed by atoms with Crippen molar-refractivity contribution in [3.8, 4) is 0 Å². The highest BCUT2D eigenvalue weighted by molar-refractivity contribution is 5.32. The zero-order valence-corrected chi connectivity index (χ0v) is 14.6. The van der Waals surface area contributed by atoms with E-state index in [9.17, 15) is 0 Å².